The van der Waals surface area contributed by atoms with Crippen LogP contribution < -0.4 is 14.4 Å². The number of allylic oxidation sites excluding steroid dienone is 1. The lowest BCUT2D eigenvalue weighted by atomic mass is 9.58. The van der Waals surface area contributed by atoms with E-state index in [0.717, 1.165) is 32.0 Å². The molecule has 2 aromatic rings. The molecular formula is C32H41N3O8. The van der Waals surface area contributed by atoms with Crippen LogP contribution in [0.1, 0.15) is 94.4 Å². The van der Waals surface area contributed by atoms with Gasteiger partial charge in [-0.2, -0.15) is 0 Å². The van der Waals surface area contributed by atoms with Gasteiger partial charge in [0.15, 0.2) is 23.4 Å². The Kier molecular flexibility index (Phi) is 8.41. The monoisotopic (exact) mass is 595 g/mol. The summed E-state index contributed by atoms with van der Waals surface area (Å²) in [7, 11) is 7.20. The van der Waals surface area contributed by atoms with E-state index in [4.69, 9.17) is 14.0 Å². The summed E-state index contributed by atoms with van der Waals surface area (Å²) in [5, 5.41) is 28.1. The number of hydrogen-bond acceptors (Lipinski definition) is 11. The molecule has 0 saturated heterocycles. The van der Waals surface area contributed by atoms with Gasteiger partial charge in [-0.3, -0.25) is 19.3 Å². The number of Topliss-reactive ketones (excluding diaryl/α,β-unsaturated/α-hetero) is 2. The zero-order valence-corrected chi connectivity index (χ0v) is 25.7. The number of aliphatic hydroxyl groups excluding tert-OH is 1. The third-order valence-corrected chi connectivity index (χ3v) is 8.95. The minimum absolute atomic E-state index is 0.00522. The first kappa shape index (κ1) is 30.7. The minimum atomic E-state index is -2.40. The SMILES string of the molecule is CCCCOc1cc(C=O)c(N(C)C)c2c1C(=O)C1=C(O)[C@]3(O)C(=O)c4c(OCCCC)noc4[C@@H](N(C)C)[C@@H]3C[C@@H]1C2. The smallest absolute Gasteiger partial charge is 0.265 e. The predicted molar refractivity (Wildman–Crippen MR) is 158 cm³/mol. The summed E-state index contributed by atoms with van der Waals surface area (Å²) in [6.45, 7) is 4.67. The van der Waals surface area contributed by atoms with Crippen LogP contribution >= 0.6 is 0 Å². The van der Waals surface area contributed by atoms with Crippen LogP contribution in [-0.4, -0.2) is 85.1 Å². The van der Waals surface area contributed by atoms with E-state index in [1.807, 2.05) is 18.7 Å². The molecule has 0 amide bonds. The molecule has 43 heavy (non-hydrogen) atoms. The van der Waals surface area contributed by atoms with Crippen molar-refractivity contribution in [3.63, 3.8) is 0 Å². The van der Waals surface area contributed by atoms with Crippen LogP contribution in [0.3, 0.4) is 0 Å². The van der Waals surface area contributed by atoms with Crippen molar-refractivity contribution in [1.29, 1.82) is 0 Å². The Hall–Kier alpha value is -3.70. The number of benzene rings is 1. The molecule has 0 aliphatic heterocycles. The number of ketones is 2. The fourth-order valence-electron chi connectivity index (χ4n) is 6.97. The van der Waals surface area contributed by atoms with E-state index < -0.39 is 40.8 Å². The van der Waals surface area contributed by atoms with E-state index >= 15 is 0 Å². The van der Waals surface area contributed by atoms with Gasteiger partial charge in [-0.15, -0.1) is 0 Å². The highest BCUT2D eigenvalue weighted by Crippen LogP contribution is 2.57. The number of nitrogens with zero attached hydrogens (tertiary/aromatic N) is 3. The van der Waals surface area contributed by atoms with E-state index in [-0.39, 0.29) is 40.5 Å². The Morgan fingerprint density at radius 1 is 1.09 bits per heavy atom. The molecule has 0 radical (unpaired) electrons. The largest absolute Gasteiger partial charge is 0.508 e. The maximum Gasteiger partial charge on any atom is 0.265 e. The molecule has 0 bridgehead atoms. The molecule has 11 heteroatoms. The molecule has 11 nitrogen and oxygen atoms in total. The average molecular weight is 596 g/mol. The number of anilines is 1. The van der Waals surface area contributed by atoms with Gasteiger partial charge in [0.05, 0.1) is 30.5 Å². The van der Waals surface area contributed by atoms with Crippen LogP contribution in [0, 0.1) is 11.8 Å². The number of fused-ring (bicyclic) bond motifs is 4. The van der Waals surface area contributed by atoms with E-state index in [9.17, 15) is 24.6 Å². The van der Waals surface area contributed by atoms with Crippen LogP contribution in [0.2, 0.25) is 0 Å². The lowest BCUT2D eigenvalue weighted by molar-refractivity contribution is -0.0559. The summed E-state index contributed by atoms with van der Waals surface area (Å²) in [4.78, 5) is 44.3. The molecule has 0 saturated carbocycles. The number of ether oxygens (including phenoxy) is 2. The van der Waals surface area contributed by atoms with Crippen LogP contribution in [0.5, 0.6) is 11.6 Å². The molecule has 1 aromatic carbocycles. The molecule has 0 spiro atoms. The number of aliphatic hydroxyl groups is 2. The van der Waals surface area contributed by atoms with Crippen molar-refractivity contribution in [2.75, 3.05) is 46.3 Å². The fourth-order valence-corrected chi connectivity index (χ4v) is 6.97. The summed E-state index contributed by atoms with van der Waals surface area (Å²) in [5.74, 6) is -2.87. The second-order valence-corrected chi connectivity index (χ2v) is 12.1. The number of unbranched alkanes of at least 4 members (excludes halogenated alkanes) is 2. The Balaban J connectivity index is 1.69. The molecule has 0 fully saturated rings. The second kappa shape index (κ2) is 11.8. The highest BCUT2D eigenvalue weighted by molar-refractivity contribution is 6.17. The standard InChI is InChI=1S/C32H41N3O8/c1-7-9-11-41-21-15-18(16-36)25(34(3)4)19-13-17-14-20-26(35(5)6)28-24(31(33-43-28)42-12-10-8-2)30(39)32(20,40)29(38)22(17)27(37)23(19)21/h15-17,20,26,38,40H,7-14H2,1-6H3/t17-,20-,26-,32-/m0/s1. The lowest BCUT2D eigenvalue weighted by Gasteiger charge is -2.49. The van der Waals surface area contributed by atoms with Gasteiger partial charge >= 0.3 is 0 Å². The maximum absolute atomic E-state index is 14.4. The summed E-state index contributed by atoms with van der Waals surface area (Å²) < 4.78 is 17.5. The molecule has 4 atom stereocenters. The van der Waals surface area contributed by atoms with Gasteiger partial charge < -0.3 is 29.1 Å². The third kappa shape index (κ3) is 4.73. The molecule has 3 aliphatic rings. The number of aldehydes is 1. The van der Waals surface area contributed by atoms with Gasteiger partial charge in [0.2, 0.25) is 5.78 Å². The van der Waals surface area contributed by atoms with E-state index in [0.29, 0.717) is 36.4 Å². The lowest BCUT2D eigenvalue weighted by Crippen LogP contribution is -2.59. The molecular weight excluding hydrogens is 554 g/mol. The number of carbonyl (C=O) groups excluding carboxylic acids is 3. The van der Waals surface area contributed by atoms with Crippen LogP contribution in [0.25, 0.3) is 0 Å². The maximum atomic E-state index is 14.4. The van der Waals surface area contributed by atoms with Gasteiger partial charge in [0, 0.05) is 31.1 Å². The zero-order valence-electron chi connectivity index (χ0n) is 25.7. The molecule has 0 unspecified atom stereocenters. The van der Waals surface area contributed by atoms with Crippen molar-refractivity contribution >= 4 is 23.5 Å². The van der Waals surface area contributed by atoms with E-state index in [1.54, 1.807) is 39.2 Å². The van der Waals surface area contributed by atoms with Crippen LogP contribution in [0.15, 0.2) is 21.9 Å². The number of hydrogen-bond donors (Lipinski definition) is 2. The number of aromatic nitrogens is 1. The van der Waals surface area contributed by atoms with Crippen molar-refractivity contribution in [2.45, 2.75) is 64.0 Å². The zero-order chi connectivity index (χ0) is 31.2. The van der Waals surface area contributed by atoms with Gasteiger partial charge in [0.25, 0.3) is 5.88 Å². The Bertz CT molecular complexity index is 1480. The van der Waals surface area contributed by atoms with Crippen molar-refractivity contribution < 1.29 is 38.6 Å². The first-order valence-corrected chi connectivity index (χ1v) is 15.0. The summed E-state index contributed by atoms with van der Waals surface area (Å²) in [6, 6.07) is 0.918. The van der Waals surface area contributed by atoms with E-state index in [2.05, 4.69) is 5.16 Å². The Morgan fingerprint density at radius 2 is 1.77 bits per heavy atom. The van der Waals surface area contributed by atoms with Crippen molar-refractivity contribution in [1.82, 2.24) is 10.1 Å². The molecule has 1 aromatic heterocycles. The predicted octanol–water partition coefficient (Wildman–Crippen LogP) is 4.33. The highest BCUT2D eigenvalue weighted by atomic mass is 16.5. The first-order valence-electron chi connectivity index (χ1n) is 15.0. The van der Waals surface area contributed by atoms with Gasteiger partial charge in [-0.05, 0) is 62.5 Å². The quantitative estimate of drug-likeness (QED) is 0.283. The summed E-state index contributed by atoms with van der Waals surface area (Å²) in [5.41, 5.74) is -0.526. The Morgan fingerprint density at radius 3 is 2.37 bits per heavy atom. The van der Waals surface area contributed by atoms with E-state index in [1.165, 1.54) is 0 Å². The molecule has 2 N–H and O–H groups in total. The summed E-state index contributed by atoms with van der Waals surface area (Å²) >= 11 is 0. The topological polar surface area (TPSA) is 143 Å². The number of carbonyl (C=O) groups is 3. The van der Waals surface area contributed by atoms with Crippen molar-refractivity contribution in [2.24, 2.45) is 11.8 Å². The highest BCUT2D eigenvalue weighted by Gasteiger charge is 2.64. The normalized spacial score (nSPS) is 24.3. The second-order valence-electron chi connectivity index (χ2n) is 12.1. The summed E-state index contributed by atoms with van der Waals surface area (Å²) in [6.07, 6.45) is 4.47. The third-order valence-electron chi connectivity index (χ3n) is 8.95. The van der Waals surface area contributed by atoms with Crippen molar-refractivity contribution in [3.05, 3.63) is 45.4 Å². The van der Waals surface area contributed by atoms with Gasteiger partial charge in [0.1, 0.15) is 17.1 Å². The molecule has 3 aliphatic carbocycles. The Labute approximate surface area is 251 Å². The fraction of sp³-hybridized carbons (Fsp3) is 0.562. The minimum Gasteiger partial charge on any atom is -0.508 e. The van der Waals surface area contributed by atoms with Gasteiger partial charge in [-0.25, -0.2) is 0 Å². The van der Waals surface area contributed by atoms with Crippen LogP contribution in [0.4, 0.5) is 5.69 Å². The molecule has 1 heterocycles. The van der Waals surface area contributed by atoms with Crippen molar-refractivity contribution in [3.8, 4) is 11.6 Å². The number of rotatable bonds is 11. The van der Waals surface area contributed by atoms with Gasteiger partial charge in [-0.1, -0.05) is 26.7 Å². The van der Waals surface area contributed by atoms with Crippen LogP contribution in [-0.2, 0) is 6.42 Å². The average Bonchev–Trinajstić information content (AvgIpc) is 3.37. The molecule has 232 valence electrons. The molecule has 5 rings (SSSR count). The first-order chi connectivity index (χ1) is 20.5.